The number of carbonyl (C=O) groups excluding carboxylic acids is 1. The van der Waals surface area contributed by atoms with Crippen molar-refractivity contribution < 1.29 is 9.21 Å². The lowest BCUT2D eigenvalue weighted by molar-refractivity contribution is -0.122. The lowest BCUT2D eigenvalue weighted by atomic mass is 10.2. The average Bonchev–Trinajstić information content (AvgIpc) is 3.27. The van der Waals surface area contributed by atoms with Crippen molar-refractivity contribution in [3.8, 4) is 6.07 Å². The Kier molecular flexibility index (Phi) is 3.29. The maximum Gasteiger partial charge on any atom is 0.441 e. The zero-order valence-electron chi connectivity index (χ0n) is 11.9. The molecule has 22 heavy (non-hydrogen) atoms. The van der Waals surface area contributed by atoms with Gasteiger partial charge in [0.25, 0.3) is 0 Å². The highest BCUT2D eigenvalue weighted by atomic mass is 16.4. The van der Waals surface area contributed by atoms with Crippen molar-refractivity contribution in [3.05, 3.63) is 34.8 Å². The highest BCUT2D eigenvalue weighted by molar-refractivity contribution is 5.91. The Balaban J connectivity index is 1.82. The van der Waals surface area contributed by atoms with Gasteiger partial charge in [-0.2, -0.15) is 10.2 Å². The molecule has 1 saturated carbocycles. The second kappa shape index (κ2) is 5.15. The summed E-state index contributed by atoms with van der Waals surface area (Å²) in [6.45, 7) is 1.65. The minimum absolute atomic E-state index is 0.288. The van der Waals surface area contributed by atoms with Gasteiger partial charge in [-0.3, -0.25) is 4.79 Å². The van der Waals surface area contributed by atoms with Gasteiger partial charge in [0.05, 0.1) is 11.5 Å². The summed E-state index contributed by atoms with van der Waals surface area (Å²) in [7, 11) is 0. The fourth-order valence-corrected chi connectivity index (χ4v) is 2.13. The zero-order chi connectivity index (χ0) is 15.7. The highest BCUT2D eigenvalue weighted by Gasteiger charge is 2.45. The maximum absolute atomic E-state index is 12.1. The van der Waals surface area contributed by atoms with E-state index in [1.807, 2.05) is 0 Å². The smallest absolute Gasteiger partial charge is 0.408 e. The second-order valence-electron chi connectivity index (χ2n) is 5.37. The predicted molar refractivity (Wildman–Crippen MR) is 79.1 cm³/mol. The van der Waals surface area contributed by atoms with Crippen molar-refractivity contribution >= 4 is 22.7 Å². The van der Waals surface area contributed by atoms with E-state index in [1.54, 1.807) is 31.2 Å². The molecular weight excluding hydrogens is 284 g/mol. The number of benzene rings is 1. The van der Waals surface area contributed by atoms with Crippen LogP contribution in [0.25, 0.3) is 11.0 Å². The van der Waals surface area contributed by atoms with Gasteiger partial charge < -0.3 is 15.1 Å². The van der Waals surface area contributed by atoms with E-state index >= 15 is 0 Å². The molecule has 1 aliphatic rings. The first-order chi connectivity index (χ1) is 10.5. The number of anilines is 1. The second-order valence-corrected chi connectivity index (χ2v) is 5.37. The monoisotopic (exact) mass is 298 g/mol. The van der Waals surface area contributed by atoms with Crippen LogP contribution < -0.4 is 16.4 Å². The summed E-state index contributed by atoms with van der Waals surface area (Å²) in [4.78, 5) is 27.4. The number of carbonyl (C=O) groups is 1. The van der Waals surface area contributed by atoms with E-state index in [9.17, 15) is 9.59 Å². The summed E-state index contributed by atoms with van der Waals surface area (Å²) in [5.41, 5.74) is -0.327. The number of aromatic nitrogens is 1. The standard InChI is InChI=1S/C15H14N4O3/c1-9(13(20)19-15(8-16)6-7-15)17-12-10-4-2-3-5-11(10)22-14(21)18-12/h2-5,9H,6-7H2,1H3,(H,19,20)(H,17,18,21)/t9-/m0/s1. The largest absolute Gasteiger partial charge is 0.441 e. The summed E-state index contributed by atoms with van der Waals surface area (Å²) in [5.74, 6) is -0.751. The molecule has 1 heterocycles. The fraction of sp³-hybridized carbons (Fsp3) is 0.333. The van der Waals surface area contributed by atoms with Crippen LogP contribution in [0, 0.1) is 11.3 Å². The number of nitrogens with one attached hydrogen (secondary N) is 2. The molecule has 1 aliphatic carbocycles. The molecule has 0 bridgehead atoms. The molecule has 0 radical (unpaired) electrons. The van der Waals surface area contributed by atoms with E-state index in [1.165, 1.54) is 0 Å². The Morgan fingerprint density at radius 2 is 2.18 bits per heavy atom. The van der Waals surface area contributed by atoms with Crippen LogP contribution in [0.3, 0.4) is 0 Å². The number of amides is 1. The minimum atomic E-state index is -0.732. The molecule has 7 nitrogen and oxygen atoms in total. The number of hydrogen-bond donors (Lipinski definition) is 2. The van der Waals surface area contributed by atoms with E-state index in [0.717, 1.165) is 0 Å². The van der Waals surface area contributed by atoms with Gasteiger partial charge in [0.15, 0.2) is 0 Å². The molecule has 1 aromatic heterocycles. The van der Waals surface area contributed by atoms with Gasteiger partial charge >= 0.3 is 5.76 Å². The van der Waals surface area contributed by atoms with Gasteiger partial charge in [0, 0.05) is 0 Å². The van der Waals surface area contributed by atoms with Crippen LogP contribution in [-0.4, -0.2) is 22.5 Å². The molecule has 1 fully saturated rings. The minimum Gasteiger partial charge on any atom is -0.408 e. The van der Waals surface area contributed by atoms with Gasteiger partial charge in [-0.05, 0) is 31.9 Å². The Morgan fingerprint density at radius 3 is 2.86 bits per heavy atom. The van der Waals surface area contributed by atoms with Crippen molar-refractivity contribution in [1.29, 1.82) is 5.26 Å². The summed E-state index contributed by atoms with van der Waals surface area (Å²) in [6, 6.07) is 8.40. The molecule has 2 N–H and O–H groups in total. The van der Waals surface area contributed by atoms with Crippen LogP contribution in [0.5, 0.6) is 0 Å². The molecule has 3 rings (SSSR count). The summed E-state index contributed by atoms with van der Waals surface area (Å²) in [5, 5.41) is 15.2. The third kappa shape index (κ3) is 2.63. The van der Waals surface area contributed by atoms with Crippen LogP contribution in [-0.2, 0) is 4.79 Å². The van der Waals surface area contributed by atoms with Crippen molar-refractivity contribution in [2.45, 2.75) is 31.3 Å². The van der Waals surface area contributed by atoms with Gasteiger partial charge in [0.1, 0.15) is 23.0 Å². The summed E-state index contributed by atoms with van der Waals surface area (Å²) in [6.07, 6.45) is 1.33. The first kappa shape index (κ1) is 14.1. The number of fused-ring (bicyclic) bond motifs is 1. The molecule has 0 saturated heterocycles. The molecule has 1 aromatic carbocycles. The number of para-hydroxylation sites is 1. The van der Waals surface area contributed by atoms with Gasteiger partial charge in [-0.25, -0.2) is 4.79 Å². The number of nitriles is 1. The average molecular weight is 298 g/mol. The molecule has 1 amide bonds. The normalized spacial score (nSPS) is 16.5. The molecule has 2 aromatic rings. The van der Waals surface area contributed by atoms with E-state index in [-0.39, 0.29) is 11.7 Å². The Hall–Kier alpha value is -2.88. The maximum atomic E-state index is 12.1. The van der Waals surface area contributed by atoms with Crippen molar-refractivity contribution in [2.75, 3.05) is 5.32 Å². The van der Waals surface area contributed by atoms with E-state index in [0.29, 0.717) is 23.8 Å². The third-order valence-electron chi connectivity index (χ3n) is 3.62. The van der Waals surface area contributed by atoms with Crippen molar-refractivity contribution in [2.24, 2.45) is 0 Å². The molecule has 0 unspecified atom stereocenters. The summed E-state index contributed by atoms with van der Waals surface area (Å²) >= 11 is 0. The van der Waals surface area contributed by atoms with Gasteiger partial charge in [-0.1, -0.05) is 12.1 Å². The Bertz CT molecular complexity index is 833. The van der Waals surface area contributed by atoms with Crippen molar-refractivity contribution in [1.82, 2.24) is 10.3 Å². The first-order valence-electron chi connectivity index (χ1n) is 6.93. The quantitative estimate of drug-likeness (QED) is 0.877. The number of hydrogen-bond acceptors (Lipinski definition) is 6. The van der Waals surface area contributed by atoms with E-state index in [2.05, 4.69) is 21.7 Å². The number of rotatable bonds is 4. The third-order valence-corrected chi connectivity index (χ3v) is 3.62. The van der Waals surface area contributed by atoms with Crippen molar-refractivity contribution in [3.63, 3.8) is 0 Å². The predicted octanol–water partition coefficient (Wildman–Crippen LogP) is 1.16. The zero-order valence-corrected chi connectivity index (χ0v) is 11.9. The lowest BCUT2D eigenvalue weighted by Gasteiger charge is -2.17. The van der Waals surface area contributed by atoms with Crippen LogP contribution in [0.4, 0.5) is 5.82 Å². The number of nitrogens with zero attached hydrogens (tertiary/aromatic N) is 2. The van der Waals surface area contributed by atoms with Crippen LogP contribution in [0.15, 0.2) is 33.5 Å². The molecule has 112 valence electrons. The molecule has 0 spiro atoms. The van der Waals surface area contributed by atoms with Crippen LogP contribution in [0.1, 0.15) is 19.8 Å². The fourth-order valence-electron chi connectivity index (χ4n) is 2.13. The summed E-state index contributed by atoms with van der Waals surface area (Å²) < 4.78 is 5.00. The first-order valence-corrected chi connectivity index (χ1v) is 6.93. The van der Waals surface area contributed by atoms with E-state index in [4.69, 9.17) is 9.68 Å². The molecule has 0 aliphatic heterocycles. The molecule has 1 atom stereocenters. The highest BCUT2D eigenvalue weighted by Crippen LogP contribution is 2.34. The Labute approximate surface area is 126 Å². The van der Waals surface area contributed by atoms with Gasteiger partial charge in [0.2, 0.25) is 5.91 Å². The Morgan fingerprint density at radius 1 is 1.45 bits per heavy atom. The van der Waals surface area contributed by atoms with Crippen LogP contribution in [0.2, 0.25) is 0 Å². The molecular formula is C15H14N4O3. The lowest BCUT2D eigenvalue weighted by Crippen LogP contribution is -2.44. The SMILES string of the molecule is C[C@H](Nc1nc(=O)oc2ccccc12)C(=O)NC1(C#N)CC1. The molecule has 7 heteroatoms. The van der Waals surface area contributed by atoms with Gasteiger partial charge in [-0.15, -0.1) is 0 Å². The van der Waals surface area contributed by atoms with Crippen LogP contribution >= 0.6 is 0 Å². The van der Waals surface area contributed by atoms with E-state index < -0.39 is 17.3 Å². The topological polar surface area (TPSA) is 108 Å².